The van der Waals surface area contributed by atoms with Crippen molar-refractivity contribution in [2.75, 3.05) is 0 Å². The minimum atomic E-state index is -5.24. The SMILES string of the molecule is OCc1c(OC(F)(F)F)cnc(C(F)(F)F)c1F. The molecule has 1 aromatic heterocycles. The van der Waals surface area contributed by atoms with Crippen LogP contribution in [-0.2, 0) is 12.8 Å². The molecule has 18 heavy (non-hydrogen) atoms. The van der Waals surface area contributed by atoms with Crippen LogP contribution in [0.5, 0.6) is 5.75 Å². The Bertz CT molecular complexity index is 440. The number of hydrogen-bond acceptors (Lipinski definition) is 3. The summed E-state index contributed by atoms with van der Waals surface area (Å²) >= 11 is 0. The highest BCUT2D eigenvalue weighted by Crippen LogP contribution is 2.35. The number of hydrogen-bond donors (Lipinski definition) is 1. The van der Waals surface area contributed by atoms with E-state index in [1.165, 1.54) is 0 Å². The molecule has 0 aromatic carbocycles. The van der Waals surface area contributed by atoms with Crippen LogP contribution in [0.4, 0.5) is 30.7 Å². The lowest BCUT2D eigenvalue weighted by atomic mass is 10.2. The first-order valence-electron chi connectivity index (χ1n) is 4.17. The Labute approximate surface area is 94.8 Å². The summed E-state index contributed by atoms with van der Waals surface area (Å²) in [6.45, 7) is -1.40. The van der Waals surface area contributed by atoms with E-state index < -0.39 is 42.0 Å². The van der Waals surface area contributed by atoms with Gasteiger partial charge >= 0.3 is 12.5 Å². The predicted octanol–water partition coefficient (Wildman–Crippen LogP) is 2.63. The largest absolute Gasteiger partial charge is 0.573 e. The van der Waals surface area contributed by atoms with E-state index in [-0.39, 0.29) is 6.20 Å². The second-order valence-electron chi connectivity index (χ2n) is 2.97. The standard InChI is InChI=1S/C8H4F7NO2/c9-5-3(2-17)4(18-8(13,14)15)1-16-6(5)7(10,11)12/h1,17H,2H2. The first-order chi connectivity index (χ1) is 8.06. The van der Waals surface area contributed by atoms with Crippen LogP contribution < -0.4 is 4.74 Å². The average molecular weight is 279 g/mol. The topological polar surface area (TPSA) is 42.4 Å². The summed E-state index contributed by atoms with van der Waals surface area (Å²) in [5.41, 5.74) is -3.30. The highest BCUT2D eigenvalue weighted by molar-refractivity contribution is 5.34. The lowest BCUT2D eigenvalue weighted by Gasteiger charge is -2.14. The Morgan fingerprint density at radius 2 is 1.72 bits per heavy atom. The van der Waals surface area contributed by atoms with Gasteiger partial charge in [0, 0.05) is 0 Å². The Hall–Kier alpha value is -1.58. The summed E-state index contributed by atoms with van der Waals surface area (Å²) < 4.78 is 88.6. The number of aliphatic hydroxyl groups is 1. The van der Waals surface area contributed by atoms with Gasteiger partial charge < -0.3 is 9.84 Å². The van der Waals surface area contributed by atoms with Crippen LogP contribution in [0.2, 0.25) is 0 Å². The molecule has 10 heteroatoms. The van der Waals surface area contributed by atoms with E-state index >= 15 is 0 Å². The fraction of sp³-hybridized carbons (Fsp3) is 0.375. The van der Waals surface area contributed by atoms with Crippen molar-refractivity contribution in [2.24, 2.45) is 0 Å². The molecule has 0 aliphatic carbocycles. The van der Waals surface area contributed by atoms with Crippen molar-refractivity contribution in [1.29, 1.82) is 0 Å². The Kier molecular flexibility index (Phi) is 3.70. The fourth-order valence-electron chi connectivity index (χ4n) is 1.07. The summed E-state index contributed by atoms with van der Waals surface area (Å²) in [6.07, 6.45) is -10.4. The minimum absolute atomic E-state index is 0.0466. The van der Waals surface area contributed by atoms with Crippen molar-refractivity contribution in [3.05, 3.63) is 23.3 Å². The van der Waals surface area contributed by atoms with E-state index in [4.69, 9.17) is 5.11 Å². The van der Waals surface area contributed by atoms with Gasteiger partial charge in [-0.3, -0.25) is 0 Å². The van der Waals surface area contributed by atoms with Gasteiger partial charge in [-0.15, -0.1) is 13.2 Å². The van der Waals surface area contributed by atoms with Gasteiger partial charge in [-0.05, 0) is 0 Å². The summed E-state index contributed by atoms with van der Waals surface area (Å²) in [4.78, 5) is 2.51. The molecule has 0 saturated heterocycles. The molecular weight excluding hydrogens is 275 g/mol. The zero-order valence-electron chi connectivity index (χ0n) is 8.23. The maximum atomic E-state index is 13.2. The van der Waals surface area contributed by atoms with Crippen LogP contribution in [0, 0.1) is 5.82 Å². The number of rotatable bonds is 2. The molecule has 3 nitrogen and oxygen atoms in total. The number of pyridine rings is 1. The summed E-state index contributed by atoms with van der Waals surface area (Å²) in [6, 6.07) is 0. The smallest absolute Gasteiger partial charge is 0.404 e. The van der Waals surface area contributed by atoms with E-state index in [0.717, 1.165) is 0 Å². The van der Waals surface area contributed by atoms with Crippen LogP contribution in [0.3, 0.4) is 0 Å². The second-order valence-corrected chi connectivity index (χ2v) is 2.97. The number of aliphatic hydroxyl groups excluding tert-OH is 1. The Morgan fingerprint density at radius 1 is 1.17 bits per heavy atom. The third-order valence-electron chi connectivity index (χ3n) is 1.73. The van der Waals surface area contributed by atoms with E-state index in [9.17, 15) is 30.7 Å². The van der Waals surface area contributed by atoms with Crippen LogP contribution in [-0.4, -0.2) is 16.5 Å². The highest BCUT2D eigenvalue weighted by Gasteiger charge is 2.39. The number of alkyl halides is 6. The van der Waals surface area contributed by atoms with E-state index in [1.807, 2.05) is 0 Å². The van der Waals surface area contributed by atoms with E-state index in [1.54, 1.807) is 0 Å². The monoisotopic (exact) mass is 279 g/mol. The maximum Gasteiger partial charge on any atom is 0.573 e. The minimum Gasteiger partial charge on any atom is -0.404 e. The molecule has 0 unspecified atom stereocenters. The lowest BCUT2D eigenvalue weighted by molar-refractivity contribution is -0.275. The molecular formula is C8H4F7NO2. The van der Waals surface area contributed by atoms with Crippen LogP contribution in [0.15, 0.2) is 6.20 Å². The molecule has 0 atom stereocenters. The Morgan fingerprint density at radius 3 is 2.11 bits per heavy atom. The third-order valence-corrected chi connectivity index (χ3v) is 1.73. The molecule has 0 fully saturated rings. The van der Waals surface area contributed by atoms with Gasteiger partial charge in [-0.2, -0.15) is 13.2 Å². The number of ether oxygens (including phenoxy) is 1. The van der Waals surface area contributed by atoms with Gasteiger partial charge in [0.2, 0.25) is 0 Å². The predicted molar refractivity (Wildman–Crippen MR) is 41.8 cm³/mol. The third kappa shape index (κ3) is 3.22. The molecule has 0 bridgehead atoms. The first-order valence-corrected chi connectivity index (χ1v) is 4.17. The number of nitrogens with zero attached hydrogens (tertiary/aromatic N) is 1. The van der Waals surface area contributed by atoms with Gasteiger partial charge in [0.1, 0.15) is 0 Å². The fourth-order valence-corrected chi connectivity index (χ4v) is 1.07. The van der Waals surface area contributed by atoms with Crippen LogP contribution in [0.25, 0.3) is 0 Å². The molecule has 1 N–H and O–H groups in total. The number of halogens is 7. The molecule has 0 aliphatic rings. The lowest BCUT2D eigenvalue weighted by Crippen LogP contribution is -2.20. The average Bonchev–Trinajstić information content (AvgIpc) is 2.13. The molecule has 1 aromatic rings. The summed E-state index contributed by atoms with van der Waals surface area (Å²) in [5.74, 6) is -3.43. The number of aromatic nitrogens is 1. The Balaban J connectivity index is 3.30. The molecule has 1 rings (SSSR count). The molecule has 0 aliphatic heterocycles. The van der Waals surface area contributed by atoms with Crippen molar-refractivity contribution in [3.8, 4) is 5.75 Å². The van der Waals surface area contributed by atoms with Gasteiger partial charge in [0.15, 0.2) is 17.3 Å². The van der Waals surface area contributed by atoms with E-state index in [0.29, 0.717) is 0 Å². The summed E-state index contributed by atoms with van der Waals surface area (Å²) in [7, 11) is 0. The van der Waals surface area contributed by atoms with E-state index in [2.05, 4.69) is 9.72 Å². The van der Waals surface area contributed by atoms with Crippen molar-refractivity contribution in [3.63, 3.8) is 0 Å². The van der Waals surface area contributed by atoms with Gasteiger partial charge in [-0.1, -0.05) is 0 Å². The molecule has 102 valence electrons. The van der Waals surface area contributed by atoms with Crippen molar-refractivity contribution < 1.29 is 40.6 Å². The van der Waals surface area contributed by atoms with Gasteiger partial charge in [-0.25, -0.2) is 9.37 Å². The van der Waals surface area contributed by atoms with Crippen LogP contribution in [0.1, 0.15) is 11.3 Å². The highest BCUT2D eigenvalue weighted by atomic mass is 19.4. The second kappa shape index (κ2) is 4.59. The van der Waals surface area contributed by atoms with Crippen LogP contribution >= 0.6 is 0 Å². The quantitative estimate of drug-likeness (QED) is 0.846. The van der Waals surface area contributed by atoms with Crippen molar-refractivity contribution in [1.82, 2.24) is 4.98 Å². The molecule has 0 spiro atoms. The van der Waals surface area contributed by atoms with Crippen molar-refractivity contribution in [2.45, 2.75) is 19.1 Å². The molecule has 0 amide bonds. The van der Waals surface area contributed by atoms with Gasteiger partial charge in [0.25, 0.3) is 0 Å². The zero-order valence-corrected chi connectivity index (χ0v) is 8.23. The normalized spacial score (nSPS) is 12.7. The van der Waals surface area contributed by atoms with Gasteiger partial charge in [0.05, 0.1) is 18.4 Å². The zero-order chi connectivity index (χ0) is 14.1. The molecule has 0 radical (unpaired) electrons. The maximum absolute atomic E-state index is 13.2. The van der Waals surface area contributed by atoms with Crippen molar-refractivity contribution >= 4 is 0 Å². The summed E-state index contributed by atoms with van der Waals surface area (Å²) in [5, 5.41) is 8.60. The first kappa shape index (κ1) is 14.5. The molecule has 0 saturated carbocycles. The molecule has 1 heterocycles.